The molecule has 0 aromatic carbocycles. The highest BCUT2D eigenvalue weighted by Gasteiger charge is 2.27. The van der Waals surface area contributed by atoms with Crippen LogP contribution >= 0.6 is 0 Å². The molecule has 2 aliphatic rings. The van der Waals surface area contributed by atoms with E-state index in [4.69, 9.17) is 9.26 Å². The minimum absolute atomic E-state index is 0.178. The molecular formula is C11H16N2O2. The molecule has 0 radical (unpaired) electrons. The summed E-state index contributed by atoms with van der Waals surface area (Å²) in [5.41, 5.74) is 2.29. The van der Waals surface area contributed by atoms with E-state index in [1.807, 2.05) is 0 Å². The highest BCUT2D eigenvalue weighted by molar-refractivity contribution is 5.45. The Hall–Kier alpha value is -1.03. The average molecular weight is 208 g/mol. The monoisotopic (exact) mass is 208 g/mol. The molecule has 3 heterocycles. The number of rotatable bonds is 1. The smallest absolute Gasteiger partial charge is 0.228 e. The molecule has 0 spiro atoms. The van der Waals surface area contributed by atoms with Gasteiger partial charge in [-0.2, -0.15) is 0 Å². The van der Waals surface area contributed by atoms with Crippen LogP contribution in [0.25, 0.3) is 0 Å². The molecule has 0 bridgehead atoms. The van der Waals surface area contributed by atoms with Gasteiger partial charge < -0.3 is 14.6 Å². The molecule has 0 amide bonds. The molecule has 1 fully saturated rings. The molecule has 1 unspecified atom stereocenters. The van der Waals surface area contributed by atoms with Gasteiger partial charge >= 0.3 is 0 Å². The van der Waals surface area contributed by atoms with Crippen molar-refractivity contribution < 1.29 is 9.26 Å². The average Bonchev–Trinajstić information content (AvgIpc) is 2.83. The largest absolute Gasteiger partial charge is 0.372 e. The Balaban J connectivity index is 1.91. The van der Waals surface area contributed by atoms with Gasteiger partial charge in [0.2, 0.25) is 5.88 Å². The molecule has 1 N–H and O–H groups in total. The summed E-state index contributed by atoms with van der Waals surface area (Å²) in [7, 11) is 0. The summed E-state index contributed by atoms with van der Waals surface area (Å²) in [6.07, 6.45) is 5.88. The van der Waals surface area contributed by atoms with Crippen LogP contribution in [-0.2, 0) is 11.2 Å². The van der Waals surface area contributed by atoms with Crippen LogP contribution in [0.4, 0.5) is 5.88 Å². The van der Waals surface area contributed by atoms with Crippen LogP contribution in [0.1, 0.15) is 43.0 Å². The van der Waals surface area contributed by atoms with Crippen LogP contribution in [0.2, 0.25) is 0 Å². The van der Waals surface area contributed by atoms with Crippen molar-refractivity contribution in [1.29, 1.82) is 0 Å². The third-order valence-electron chi connectivity index (χ3n) is 3.19. The Morgan fingerprint density at radius 2 is 2.27 bits per heavy atom. The summed E-state index contributed by atoms with van der Waals surface area (Å²) in [5.74, 6) is 0.873. The Morgan fingerprint density at radius 3 is 3.13 bits per heavy atom. The molecule has 1 atom stereocenters. The van der Waals surface area contributed by atoms with Gasteiger partial charge in [-0.05, 0) is 32.1 Å². The molecule has 1 aromatic heterocycles. The molecule has 4 nitrogen and oxygen atoms in total. The Bertz CT molecular complexity index is 342. The summed E-state index contributed by atoms with van der Waals surface area (Å²) >= 11 is 0. The van der Waals surface area contributed by atoms with Crippen LogP contribution in [0.5, 0.6) is 0 Å². The zero-order chi connectivity index (χ0) is 10.1. The first kappa shape index (κ1) is 9.21. The molecule has 15 heavy (non-hydrogen) atoms. The predicted molar refractivity (Wildman–Crippen MR) is 55.9 cm³/mol. The number of hydrogen-bond acceptors (Lipinski definition) is 4. The summed E-state index contributed by atoms with van der Waals surface area (Å²) in [6.45, 7) is 1.85. The number of nitrogens with zero attached hydrogens (tertiary/aromatic N) is 1. The van der Waals surface area contributed by atoms with Gasteiger partial charge in [0.05, 0.1) is 0 Å². The molecular weight excluding hydrogens is 192 g/mol. The van der Waals surface area contributed by atoms with E-state index >= 15 is 0 Å². The van der Waals surface area contributed by atoms with E-state index in [0.29, 0.717) is 0 Å². The second-order valence-corrected chi connectivity index (χ2v) is 4.26. The van der Waals surface area contributed by atoms with E-state index in [2.05, 4.69) is 10.5 Å². The van der Waals surface area contributed by atoms with Crippen LogP contribution in [0, 0.1) is 0 Å². The lowest BCUT2D eigenvalue weighted by Crippen LogP contribution is -2.01. The topological polar surface area (TPSA) is 47.3 Å². The third-order valence-corrected chi connectivity index (χ3v) is 3.19. The van der Waals surface area contributed by atoms with Gasteiger partial charge in [-0.1, -0.05) is 5.16 Å². The lowest BCUT2D eigenvalue weighted by Gasteiger charge is -2.06. The molecule has 0 saturated carbocycles. The number of fused-ring (bicyclic) bond motifs is 1. The zero-order valence-corrected chi connectivity index (χ0v) is 8.79. The van der Waals surface area contributed by atoms with Gasteiger partial charge in [0, 0.05) is 18.7 Å². The first-order chi connectivity index (χ1) is 7.45. The van der Waals surface area contributed by atoms with E-state index in [-0.39, 0.29) is 6.10 Å². The fourth-order valence-electron chi connectivity index (χ4n) is 2.38. The number of hydrogen-bond donors (Lipinski definition) is 1. The van der Waals surface area contributed by atoms with Gasteiger partial charge in [0.15, 0.2) is 0 Å². The first-order valence-corrected chi connectivity index (χ1v) is 5.79. The number of nitrogens with one attached hydrogen (secondary N) is 1. The summed E-state index contributed by atoms with van der Waals surface area (Å²) < 4.78 is 11.0. The Kier molecular flexibility index (Phi) is 2.37. The predicted octanol–water partition coefficient (Wildman–Crippen LogP) is 2.27. The third kappa shape index (κ3) is 1.63. The molecule has 1 saturated heterocycles. The van der Waals surface area contributed by atoms with Gasteiger partial charge in [-0.25, -0.2) is 0 Å². The minimum Gasteiger partial charge on any atom is -0.372 e. The summed E-state index contributed by atoms with van der Waals surface area (Å²) in [6, 6.07) is 0. The lowest BCUT2D eigenvalue weighted by atomic mass is 10.0. The Morgan fingerprint density at radius 1 is 1.27 bits per heavy atom. The van der Waals surface area contributed by atoms with Gasteiger partial charge in [-0.15, -0.1) is 0 Å². The van der Waals surface area contributed by atoms with E-state index < -0.39 is 0 Å². The van der Waals surface area contributed by atoms with Crippen LogP contribution in [0.15, 0.2) is 4.52 Å². The van der Waals surface area contributed by atoms with Crippen molar-refractivity contribution >= 4 is 5.88 Å². The second-order valence-electron chi connectivity index (χ2n) is 4.26. The molecule has 0 aliphatic carbocycles. The quantitative estimate of drug-likeness (QED) is 0.769. The fourth-order valence-corrected chi connectivity index (χ4v) is 2.38. The van der Waals surface area contributed by atoms with Crippen molar-refractivity contribution in [2.45, 2.75) is 38.2 Å². The standard InChI is InChI=1S/C11H16N2O2/c1-2-6-12-11-8(4-1)10(13-15-11)9-5-3-7-14-9/h9,12H,1-7H2. The van der Waals surface area contributed by atoms with Crippen molar-refractivity contribution in [2.24, 2.45) is 0 Å². The van der Waals surface area contributed by atoms with E-state index in [0.717, 1.165) is 44.0 Å². The summed E-state index contributed by atoms with van der Waals surface area (Å²) in [4.78, 5) is 0. The maximum Gasteiger partial charge on any atom is 0.228 e. The van der Waals surface area contributed by atoms with Gasteiger partial charge in [-0.3, -0.25) is 0 Å². The molecule has 1 aromatic rings. The normalized spacial score (nSPS) is 25.7. The van der Waals surface area contributed by atoms with Crippen molar-refractivity contribution in [3.8, 4) is 0 Å². The van der Waals surface area contributed by atoms with Gasteiger partial charge in [0.1, 0.15) is 11.8 Å². The summed E-state index contributed by atoms with van der Waals surface area (Å²) in [5, 5.41) is 7.44. The molecule has 2 aliphatic heterocycles. The van der Waals surface area contributed by atoms with Crippen molar-refractivity contribution in [2.75, 3.05) is 18.5 Å². The molecule has 3 rings (SSSR count). The van der Waals surface area contributed by atoms with E-state index in [9.17, 15) is 0 Å². The first-order valence-electron chi connectivity index (χ1n) is 5.79. The fraction of sp³-hybridized carbons (Fsp3) is 0.727. The number of anilines is 1. The van der Waals surface area contributed by atoms with Crippen LogP contribution in [0.3, 0.4) is 0 Å². The highest BCUT2D eigenvalue weighted by atomic mass is 16.5. The van der Waals surface area contributed by atoms with Crippen LogP contribution < -0.4 is 5.32 Å². The zero-order valence-electron chi connectivity index (χ0n) is 8.79. The Labute approximate surface area is 89.0 Å². The van der Waals surface area contributed by atoms with Crippen molar-refractivity contribution in [3.63, 3.8) is 0 Å². The highest BCUT2D eigenvalue weighted by Crippen LogP contribution is 2.34. The second kappa shape index (κ2) is 3.85. The number of ether oxygens (including phenoxy) is 1. The maximum atomic E-state index is 5.65. The van der Waals surface area contributed by atoms with Crippen molar-refractivity contribution in [3.05, 3.63) is 11.3 Å². The lowest BCUT2D eigenvalue weighted by molar-refractivity contribution is 0.105. The van der Waals surface area contributed by atoms with E-state index in [1.54, 1.807) is 0 Å². The minimum atomic E-state index is 0.178. The van der Waals surface area contributed by atoms with Crippen LogP contribution in [-0.4, -0.2) is 18.3 Å². The van der Waals surface area contributed by atoms with Crippen molar-refractivity contribution in [1.82, 2.24) is 5.16 Å². The SMILES string of the molecule is C1CCc2c(C3CCCO3)noc2NC1. The molecule has 4 heteroatoms. The maximum absolute atomic E-state index is 5.65. The molecule has 82 valence electrons. The van der Waals surface area contributed by atoms with E-state index in [1.165, 1.54) is 18.4 Å². The number of aromatic nitrogens is 1. The van der Waals surface area contributed by atoms with Gasteiger partial charge in [0.25, 0.3) is 0 Å².